The van der Waals surface area contributed by atoms with E-state index in [0.717, 1.165) is 33.7 Å². The lowest BCUT2D eigenvalue weighted by atomic mass is 10.2. The zero-order chi connectivity index (χ0) is 13.0. The molecule has 92 valence electrons. The van der Waals surface area contributed by atoms with Gasteiger partial charge in [-0.2, -0.15) is 0 Å². The van der Waals surface area contributed by atoms with Crippen molar-refractivity contribution in [1.29, 1.82) is 5.41 Å². The highest BCUT2D eigenvalue weighted by molar-refractivity contribution is 9.10. The predicted molar refractivity (Wildman–Crippen MR) is 78.9 cm³/mol. The second kappa shape index (κ2) is 5.78. The summed E-state index contributed by atoms with van der Waals surface area (Å²) in [4.78, 5) is 4.49. The fourth-order valence-electron chi connectivity index (χ4n) is 1.65. The number of aryl methyl sites for hydroxylation is 1. The van der Waals surface area contributed by atoms with Crippen LogP contribution in [0.25, 0.3) is 0 Å². The van der Waals surface area contributed by atoms with Gasteiger partial charge in [-0.1, -0.05) is 35.0 Å². The van der Waals surface area contributed by atoms with Crippen molar-refractivity contribution in [2.45, 2.75) is 13.3 Å². The zero-order valence-corrected chi connectivity index (χ0v) is 11.7. The Morgan fingerprint density at radius 2 is 2.17 bits per heavy atom. The number of halogens is 1. The molecule has 0 bridgehead atoms. The highest BCUT2D eigenvalue weighted by Crippen LogP contribution is 2.23. The summed E-state index contributed by atoms with van der Waals surface area (Å²) in [6.07, 6.45) is 2.24. The van der Waals surface area contributed by atoms with Gasteiger partial charge in [0, 0.05) is 27.6 Å². The first kappa shape index (κ1) is 12.8. The van der Waals surface area contributed by atoms with Crippen LogP contribution in [0.2, 0.25) is 0 Å². The largest absolute Gasteiger partial charge is 0.340 e. The number of anilines is 2. The van der Waals surface area contributed by atoms with Gasteiger partial charge >= 0.3 is 0 Å². The van der Waals surface area contributed by atoms with Crippen LogP contribution < -0.4 is 5.32 Å². The normalized spacial score (nSPS) is 10.1. The minimum absolute atomic E-state index is 0.801. The summed E-state index contributed by atoms with van der Waals surface area (Å²) >= 11 is 3.43. The van der Waals surface area contributed by atoms with E-state index < -0.39 is 0 Å². The SMILES string of the molecule is CCc1cccc(Nc2cc(Br)ccc2C=N)n1. The van der Waals surface area contributed by atoms with E-state index in [1.165, 1.54) is 6.21 Å². The molecule has 0 saturated heterocycles. The number of hydrogen-bond donors (Lipinski definition) is 2. The maximum atomic E-state index is 7.40. The lowest BCUT2D eigenvalue weighted by Crippen LogP contribution is -1.99. The molecule has 0 amide bonds. The third kappa shape index (κ3) is 2.96. The molecule has 0 fully saturated rings. The van der Waals surface area contributed by atoms with Crippen LogP contribution in [0.5, 0.6) is 0 Å². The van der Waals surface area contributed by atoms with Gasteiger partial charge in [-0.15, -0.1) is 0 Å². The van der Waals surface area contributed by atoms with Crippen molar-refractivity contribution in [3.8, 4) is 0 Å². The lowest BCUT2D eigenvalue weighted by Gasteiger charge is -2.10. The van der Waals surface area contributed by atoms with Crippen LogP contribution >= 0.6 is 15.9 Å². The summed E-state index contributed by atoms with van der Waals surface area (Å²) in [5.74, 6) is 0.801. The van der Waals surface area contributed by atoms with Crippen LogP contribution in [-0.4, -0.2) is 11.2 Å². The number of rotatable bonds is 4. The van der Waals surface area contributed by atoms with E-state index in [9.17, 15) is 0 Å². The maximum absolute atomic E-state index is 7.40. The Morgan fingerprint density at radius 1 is 1.33 bits per heavy atom. The van der Waals surface area contributed by atoms with E-state index >= 15 is 0 Å². The van der Waals surface area contributed by atoms with E-state index in [-0.39, 0.29) is 0 Å². The number of hydrogen-bond acceptors (Lipinski definition) is 3. The van der Waals surface area contributed by atoms with Gasteiger partial charge in [-0.25, -0.2) is 4.98 Å². The molecule has 0 aliphatic heterocycles. The third-order valence-electron chi connectivity index (χ3n) is 2.60. The standard InChI is InChI=1S/C14H14BrN3/c1-2-12-4-3-5-14(17-12)18-13-8-11(15)7-6-10(13)9-16/h3-9,16H,2H2,1H3,(H,17,18). The van der Waals surface area contributed by atoms with Crippen LogP contribution in [0.15, 0.2) is 40.9 Å². The summed E-state index contributed by atoms with van der Waals surface area (Å²) in [5.41, 5.74) is 2.76. The molecule has 1 aromatic carbocycles. The van der Waals surface area contributed by atoms with Crippen LogP contribution in [0.1, 0.15) is 18.2 Å². The Morgan fingerprint density at radius 3 is 2.89 bits per heavy atom. The average Bonchev–Trinajstić information content (AvgIpc) is 2.39. The van der Waals surface area contributed by atoms with Crippen molar-refractivity contribution >= 4 is 33.6 Å². The summed E-state index contributed by atoms with van der Waals surface area (Å²) in [5, 5.41) is 10.6. The van der Waals surface area contributed by atoms with Crippen LogP contribution in [0, 0.1) is 5.41 Å². The van der Waals surface area contributed by atoms with Crippen LogP contribution in [0.4, 0.5) is 11.5 Å². The Kier molecular flexibility index (Phi) is 4.10. The van der Waals surface area contributed by atoms with Crippen LogP contribution in [-0.2, 0) is 6.42 Å². The summed E-state index contributed by atoms with van der Waals surface area (Å²) in [7, 11) is 0. The van der Waals surface area contributed by atoms with Crippen molar-refractivity contribution in [1.82, 2.24) is 4.98 Å². The fraction of sp³-hybridized carbons (Fsp3) is 0.143. The fourth-order valence-corrected chi connectivity index (χ4v) is 2.01. The van der Waals surface area contributed by atoms with Crippen molar-refractivity contribution in [2.24, 2.45) is 0 Å². The summed E-state index contributed by atoms with van der Waals surface area (Å²) in [6, 6.07) is 11.7. The molecule has 1 heterocycles. The number of aromatic nitrogens is 1. The predicted octanol–water partition coefficient (Wildman–Crippen LogP) is 4.15. The monoisotopic (exact) mass is 303 g/mol. The smallest absolute Gasteiger partial charge is 0.130 e. The second-order valence-corrected chi connectivity index (χ2v) is 4.78. The van der Waals surface area contributed by atoms with E-state index in [1.807, 2.05) is 36.4 Å². The molecule has 0 aliphatic carbocycles. The van der Waals surface area contributed by atoms with Crippen molar-refractivity contribution < 1.29 is 0 Å². The Balaban J connectivity index is 2.32. The Hall–Kier alpha value is -1.68. The van der Waals surface area contributed by atoms with E-state index in [2.05, 4.69) is 33.2 Å². The van der Waals surface area contributed by atoms with Crippen molar-refractivity contribution in [3.05, 3.63) is 52.1 Å². The highest BCUT2D eigenvalue weighted by atomic mass is 79.9. The molecule has 0 aliphatic rings. The molecule has 0 atom stereocenters. The van der Waals surface area contributed by atoms with Gasteiger partial charge in [0.25, 0.3) is 0 Å². The number of pyridine rings is 1. The molecule has 0 unspecified atom stereocenters. The number of nitrogens with zero attached hydrogens (tertiary/aromatic N) is 1. The van der Waals surface area contributed by atoms with Gasteiger partial charge in [-0.3, -0.25) is 0 Å². The zero-order valence-electron chi connectivity index (χ0n) is 10.1. The molecule has 0 saturated carbocycles. The highest BCUT2D eigenvalue weighted by Gasteiger charge is 2.03. The third-order valence-corrected chi connectivity index (χ3v) is 3.10. The Labute approximate surface area is 115 Å². The van der Waals surface area contributed by atoms with Gasteiger partial charge in [0.1, 0.15) is 5.82 Å². The maximum Gasteiger partial charge on any atom is 0.130 e. The van der Waals surface area contributed by atoms with Gasteiger partial charge < -0.3 is 10.7 Å². The summed E-state index contributed by atoms with van der Waals surface area (Å²) in [6.45, 7) is 2.08. The van der Waals surface area contributed by atoms with E-state index in [0.29, 0.717) is 0 Å². The second-order valence-electron chi connectivity index (χ2n) is 3.87. The Bertz CT molecular complexity index is 567. The lowest BCUT2D eigenvalue weighted by molar-refractivity contribution is 1.04. The molecule has 3 nitrogen and oxygen atoms in total. The number of nitrogens with one attached hydrogen (secondary N) is 2. The first-order valence-corrected chi connectivity index (χ1v) is 6.55. The minimum Gasteiger partial charge on any atom is -0.340 e. The van der Waals surface area contributed by atoms with E-state index in [4.69, 9.17) is 5.41 Å². The molecule has 0 spiro atoms. The molecule has 1 aromatic heterocycles. The molecule has 0 radical (unpaired) electrons. The molecule has 18 heavy (non-hydrogen) atoms. The van der Waals surface area contributed by atoms with Crippen molar-refractivity contribution in [2.75, 3.05) is 5.32 Å². The van der Waals surface area contributed by atoms with Gasteiger partial charge in [0.15, 0.2) is 0 Å². The molecule has 2 rings (SSSR count). The molecular weight excluding hydrogens is 290 g/mol. The van der Waals surface area contributed by atoms with Crippen LogP contribution in [0.3, 0.4) is 0 Å². The quantitative estimate of drug-likeness (QED) is 0.834. The topological polar surface area (TPSA) is 48.8 Å². The van der Waals surface area contributed by atoms with Crippen molar-refractivity contribution in [3.63, 3.8) is 0 Å². The molecule has 2 N–H and O–H groups in total. The first-order valence-electron chi connectivity index (χ1n) is 5.76. The first-order chi connectivity index (χ1) is 8.72. The average molecular weight is 304 g/mol. The summed E-state index contributed by atoms with van der Waals surface area (Å²) < 4.78 is 0.974. The molecular formula is C14H14BrN3. The van der Waals surface area contributed by atoms with E-state index in [1.54, 1.807) is 0 Å². The van der Waals surface area contributed by atoms with Gasteiger partial charge in [0.05, 0.1) is 0 Å². The number of benzene rings is 1. The molecule has 4 heteroatoms. The minimum atomic E-state index is 0.801. The van der Waals surface area contributed by atoms with Gasteiger partial charge in [0.2, 0.25) is 0 Å². The molecule has 2 aromatic rings. The van der Waals surface area contributed by atoms with Gasteiger partial charge in [-0.05, 0) is 30.7 Å².